The first kappa shape index (κ1) is 35.5. The van der Waals surface area contributed by atoms with E-state index in [1.807, 2.05) is 0 Å². The average molecular weight is 607 g/mol. The summed E-state index contributed by atoms with van der Waals surface area (Å²) in [5.41, 5.74) is 0. The maximum atomic E-state index is 3.43. The van der Waals surface area contributed by atoms with Crippen LogP contribution in [0.4, 0.5) is 0 Å². The Labute approximate surface area is 266 Å². The zero-order valence-corrected chi connectivity index (χ0v) is 28.5. The molecular formula is C33H70N10. The molecule has 2 N–H and O–H groups in total. The predicted molar refractivity (Wildman–Crippen MR) is 182 cm³/mol. The number of hydrogen-bond acceptors (Lipinski definition) is 10. The third-order valence-electron chi connectivity index (χ3n) is 10.5. The first-order valence-electron chi connectivity index (χ1n) is 18.3. The van der Waals surface area contributed by atoms with E-state index >= 15 is 0 Å². The van der Waals surface area contributed by atoms with Crippen molar-refractivity contribution in [1.29, 1.82) is 0 Å². The maximum Gasteiger partial charge on any atom is 0.0110 e. The molecule has 5 saturated heterocycles. The summed E-state index contributed by atoms with van der Waals surface area (Å²) in [6.45, 7) is 35.9. The van der Waals surface area contributed by atoms with Gasteiger partial charge >= 0.3 is 0 Å². The number of nitrogens with one attached hydrogen (secondary N) is 2. The van der Waals surface area contributed by atoms with Crippen LogP contribution in [0.15, 0.2) is 0 Å². The molecule has 0 spiro atoms. The minimum Gasteiger partial charge on any atom is -0.314 e. The molecule has 0 unspecified atom stereocenters. The van der Waals surface area contributed by atoms with Crippen LogP contribution >= 0.6 is 0 Å². The van der Waals surface area contributed by atoms with Crippen molar-refractivity contribution >= 4 is 0 Å². The highest BCUT2D eigenvalue weighted by Gasteiger charge is 2.20. The van der Waals surface area contributed by atoms with E-state index in [0.717, 1.165) is 0 Å². The van der Waals surface area contributed by atoms with Gasteiger partial charge < -0.3 is 20.4 Å². The summed E-state index contributed by atoms with van der Waals surface area (Å²) in [6, 6.07) is 0. The Kier molecular flexibility index (Phi) is 17.6. The SMILES string of the molecule is CCCCCCN1CCN(CCN2CCNCC2)CC1.CN1CCN(CCN2CCN(CCN3CCNCC3)CC2)CC1. The molecule has 252 valence electrons. The fraction of sp³-hybridized carbons (Fsp3) is 1.00. The highest BCUT2D eigenvalue weighted by molar-refractivity contribution is 4.78. The summed E-state index contributed by atoms with van der Waals surface area (Å²) < 4.78 is 0. The molecule has 10 nitrogen and oxygen atoms in total. The minimum absolute atomic E-state index is 1.17. The molecule has 5 aliphatic heterocycles. The van der Waals surface area contributed by atoms with E-state index in [2.05, 4.69) is 63.8 Å². The van der Waals surface area contributed by atoms with Gasteiger partial charge in [-0.1, -0.05) is 26.2 Å². The molecule has 0 aliphatic carbocycles. The zero-order chi connectivity index (χ0) is 30.0. The van der Waals surface area contributed by atoms with Gasteiger partial charge in [0.25, 0.3) is 0 Å². The third kappa shape index (κ3) is 14.7. The van der Waals surface area contributed by atoms with Gasteiger partial charge in [0.05, 0.1) is 0 Å². The van der Waals surface area contributed by atoms with Crippen molar-refractivity contribution in [3.05, 3.63) is 0 Å². The van der Waals surface area contributed by atoms with Crippen LogP contribution in [0.2, 0.25) is 0 Å². The van der Waals surface area contributed by atoms with Crippen LogP contribution in [0, 0.1) is 0 Å². The minimum atomic E-state index is 1.17. The second kappa shape index (κ2) is 21.4. The molecule has 5 heterocycles. The van der Waals surface area contributed by atoms with Crippen molar-refractivity contribution < 1.29 is 0 Å². The Morgan fingerprint density at radius 3 is 1.00 bits per heavy atom. The van der Waals surface area contributed by atoms with Crippen LogP contribution < -0.4 is 10.6 Å². The van der Waals surface area contributed by atoms with Gasteiger partial charge in [0.2, 0.25) is 0 Å². The molecular weight excluding hydrogens is 536 g/mol. The third-order valence-corrected chi connectivity index (χ3v) is 10.5. The van der Waals surface area contributed by atoms with Crippen molar-refractivity contribution in [2.45, 2.75) is 32.6 Å². The molecule has 10 heteroatoms. The quantitative estimate of drug-likeness (QED) is 0.261. The smallest absolute Gasteiger partial charge is 0.0110 e. The highest BCUT2D eigenvalue weighted by atomic mass is 15.3. The number of nitrogens with zero attached hydrogens (tertiary/aromatic N) is 8. The summed E-state index contributed by atoms with van der Waals surface area (Å²) >= 11 is 0. The summed E-state index contributed by atoms with van der Waals surface area (Å²) in [4.78, 5) is 20.9. The van der Waals surface area contributed by atoms with Crippen LogP contribution in [0.1, 0.15) is 32.6 Å². The Morgan fingerprint density at radius 1 is 0.349 bits per heavy atom. The van der Waals surface area contributed by atoms with E-state index < -0.39 is 0 Å². The lowest BCUT2D eigenvalue weighted by molar-refractivity contribution is 0.0940. The zero-order valence-electron chi connectivity index (χ0n) is 28.5. The topological polar surface area (TPSA) is 50.0 Å². The van der Waals surface area contributed by atoms with Crippen molar-refractivity contribution in [3.8, 4) is 0 Å². The van der Waals surface area contributed by atoms with E-state index in [-0.39, 0.29) is 0 Å². The average Bonchev–Trinajstić information content (AvgIpc) is 3.07. The number of hydrogen-bond donors (Lipinski definition) is 2. The lowest BCUT2D eigenvalue weighted by Gasteiger charge is -2.38. The molecule has 0 aromatic carbocycles. The van der Waals surface area contributed by atoms with Gasteiger partial charge in [0.15, 0.2) is 0 Å². The monoisotopic (exact) mass is 607 g/mol. The molecule has 0 aromatic heterocycles. The van der Waals surface area contributed by atoms with Gasteiger partial charge in [-0.25, -0.2) is 0 Å². The number of rotatable bonds is 14. The Bertz CT molecular complexity index is 663. The molecule has 0 aromatic rings. The summed E-state index contributed by atoms with van der Waals surface area (Å²) in [5, 5.41) is 6.86. The molecule has 5 rings (SSSR count). The second-order valence-electron chi connectivity index (χ2n) is 13.8. The van der Waals surface area contributed by atoms with Crippen LogP contribution in [0.3, 0.4) is 0 Å². The molecule has 5 fully saturated rings. The van der Waals surface area contributed by atoms with Gasteiger partial charge in [0, 0.05) is 170 Å². The van der Waals surface area contributed by atoms with Gasteiger partial charge in [-0.3, -0.25) is 29.4 Å². The van der Waals surface area contributed by atoms with Crippen molar-refractivity contribution in [2.75, 3.05) is 184 Å². The van der Waals surface area contributed by atoms with Gasteiger partial charge in [0.1, 0.15) is 0 Å². The molecule has 0 saturated carbocycles. The molecule has 0 radical (unpaired) electrons. The van der Waals surface area contributed by atoms with E-state index in [1.165, 1.54) is 202 Å². The Balaban J connectivity index is 0.000000199. The fourth-order valence-corrected chi connectivity index (χ4v) is 7.02. The summed E-state index contributed by atoms with van der Waals surface area (Å²) in [7, 11) is 2.23. The van der Waals surface area contributed by atoms with Gasteiger partial charge in [-0.15, -0.1) is 0 Å². The fourth-order valence-electron chi connectivity index (χ4n) is 7.02. The molecule has 0 atom stereocenters. The van der Waals surface area contributed by atoms with E-state index in [1.54, 1.807) is 0 Å². The lowest BCUT2D eigenvalue weighted by atomic mass is 10.2. The summed E-state index contributed by atoms with van der Waals surface area (Å²) in [5.74, 6) is 0. The lowest BCUT2D eigenvalue weighted by Crippen LogP contribution is -2.52. The highest BCUT2D eigenvalue weighted by Crippen LogP contribution is 2.07. The second-order valence-corrected chi connectivity index (χ2v) is 13.8. The van der Waals surface area contributed by atoms with Crippen LogP contribution in [-0.2, 0) is 0 Å². The van der Waals surface area contributed by atoms with E-state index in [0.29, 0.717) is 0 Å². The maximum absolute atomic E-state index is 3.43. The summed E-state index contributed by atoms with van der Waals surface area (Å²) in [6.07, 6.45) is 5.57. The van der Waals surface area contributed by atoms with Crippen LogP contribution in [-0.4, -0.2) is 223 Å². The number of unbranched alkanes of at least 4 members (excludes halogenated alkanes) is 3. The molecule has 5 aliphatic rings. The normalized spacial score (nSPS) is 25.5. The van der Waals surface area contributed by atoms with E-state index in [9.17, 15) is 0 Å². The van der Waals surface area contributed by atoms with Crippen molar-refractivity contribution in [2.24, 2.45) is 0 Å². The van der Waals surface area contributed by atoms with E-state index in [4.69, 9.17) is 0 Å². The first-order valence-corrected chi connectivity index (χ1v) is 18.3. The van der Waals surface area contributed by atoms with Crippen molar-refractivity contribution in [1.82, 2.24) is 49.8 Å². The molecule has 43 heavy (non-hydrogen) atoms. The number of piperazine rings is 5. The largest absolute Gasteiger partial charge is 0.314 e. The Hall–Kier alpha value is -0.400. The molecule has 0 bridgehead atoms. The number of likely N-dealkylation sites (N-methyl/N-ethyl adjacent to an activating group) is 1. The van der Waals surface area contributed by atoms with Crippen molar-refractivity contribution in [3.63, 3.8) is 0 Å². The van der Waals surface area contributed by atoms with Crippen LogP contribution in [0.25, 0.3) is 0 Å². The Morgan fingerprint density at radius 2 is 0.651 bits per heavy atom. The standard InChI is InChI=1S/C17H36N6.C16H34N4/c1-19-6-8-21(9-7-19)12-13-23-16-14-22(15-17-23)11-10-20-4-2-18-3-5-20;1-2-3-4-5-8-18-11-14-20(15-12-18)16-13-19-9-6-17-7-10-19/h18H,2-17H2,1H3;17H,2-16H2,1H3. The van der Waals surface area contributed by atoms with Gasteiger partial charge in [-0.05, 0) is 20.0 Å². The molecule has 0 amide bonds. The van der Waals surface area contributed by atoms with Crippen LogP contribution in [0.5, 0.6) is 0 Å². The first-order chi connectivity index (χ1) is 21.2. The van der Waals surface area contributed by atoms with Gasteiger partial charge in [-0.2, -0.15) is 0 Å². The predicted octanol–water partition coefficient (Wildman–Crippen LogP) is -0.154.